The van der Waals surface area contributed by atoms with Crippen LogP contribution in [-0.2, 0) is 0 Å². The number of carboxylic acid groups (broad SMARTS) is 1. The molecule has 0 unspecified atom stereocenters. The Kier molecular flexibility index (Phi) is 3.03. The zero-order chi connectivity index (χ0) is 15.1. The number of imidazole rings is 1. The number of fused-ring (bicyclic) bond motifs is 1. The van der Waals surface area contributed by atoms with Gasteiger partial charge in [-0.2, -0.15) is 0 Å². The molecule has 0 atom stereocenters. The van der Waals surface area contributed by atoms with Crippen LogP contribution in [0.15, 0.2) is 41.2 Å². The fraction of sp³-hybridized carbons (Fsp3) is 0. The highest BCUT2D eigenvalue weighted by Gasteiger charge is 2.13. The predicted molar refractivity (Wildman–Crippen MR) is 75.8 cm³/mol. The highest BCUT2D eigenvalue weighted by Crippen LogP contribution is 2.21. The van der Waals surface area contributed by atoms with Crippen LogP contribution in [-0.4, -0.2) is 20.6 Å². The van der Waals surface area contributed by atoms with Gasteiger partial charge in [-0.1, -0.05) is 11.6 Å². The third-order valence-electron chi connectivity index (χ3n) is 3.04. The number of nitrogens with one attached hydrogen (secondary N) is 1. The molecule has 0 radical (unpaired) electrons. The zero-order valence-corrected chi connectivity index (χ0v) is 11.2. The number of halogens is 2. The molecule has 0 aliphatic heterocycles. The Labute approximate surface area is 122 Å². The molecule has 3 rings (SSSR count). The molecule has 1 aromatic heterocycles. The number of aromatic carboxylic acids is 1. The molecule has 2 aromatic carbocycles. The van der Waals surface area contributed by atoms with Gasteiger partial charge in [0.15, 0.2) is 0 Å². The van der Waals surface area contributed by atoms with E-state index in [9.17, 15) is 14.0 Å². The van der Waals surface area contributed by atoms with Crippen molar-refractivity contribution in [2.45, 2.75) is 0 Å². The number of carboxylic acids is 1. The Morgan fingerprint density at radius 3 is 2.67 bits per heavy atom. The molecule has 7 heteroatoms. The highest BCUT2D eigenvalue weighted by molar-refractivity contribution is 6.30. The van der Waals surface area contributed by atoms with Crippen LogP contribution in [0.2, 0.25) is 5.02 Å². The first-order valence-corrected chi connectivity index (χ1v) is 6.28. The summed E-state index contributed by atoms with van der Waals surface area (Å²) >= 11 is 5.79. The first-order chi connectivity index (χ1) is 9.95. The average molecular weight is 307 g/mol. The quantitative estimate of drug-likeness (QED) is 0.764. The molecular formula is C14H8ClFN2O3. The van der Waals surface area contributed by atoms with Crippen molar-refractivity contribution in [2.24, 2.45) is 0 Å². The molecular weight excluding hydrogens is 299 g/mol. The van der Waals surface area contributed by atoms with E-state index in [-0.39, 0.29) is 16.3 Å². The Balaban J connectivity index is 2.35. The average Bonchev–Trinajstić information content (AvgIpc) is 2.72. The summed E-state index contributed by atoms with van der Waals surface area (Å²) in [6, 6.07) is 7.89. The van der Waals surface area contributed by atoms with Gasteiger partial charge >= 0.3 is 11.7 Å². The third-order valence-corrected chi connectivity index (χ3v) is 3.25. The Morgan fingerprint density at radius 2 is 2.00 bits per heavy atom. The van der Waals surface area contributed by atoms with Crippen molar-refractivity contribution in [1.29, 1.82) is 0 Å². The molecule has 0 aliphatic carbocycles. The van der Waals surface area contributed by atoms with Crippen molar-refractivity contribution in [3.8, 4) is 5.69 Å². The summed E-state index contributed by atoms with van der Waals surface area (Å²) < 4.78 is 14.6. The highest BCUT2D eigenvalue weighted by atomic mass is 35.5. The second-order valence-electron chi connectivity index (χ2n) is 4.43. The largest absolute Gasteiger partial charge is 0.478 e. The summed E-state index contributed by atoms with van der Waals surface area (Å²) in [6.45, 7) is 0. The standard InChI is InChI=1S/C14H8ClFN2O3/c15-8-4-9(16)6-10(5-8)18-12-3-7(13(19)20)1-2-11(12)17-14(18)21/h1-6H,(H,17,21)(H,19,20). The second-order valence-corrected chi connectivity index (χ2v) is 4.87. The fourth-order valence-corrected chi connectivity index (χ4v) is 2.38. The number of hydrogen-bond acceptors (Lipinski definition) is 2. The number of aromatic nitrogens is 2. The van der Waals surface area contributed by atoms with Crippen LogP contribution < -0.4 is 5.69 Å². The maximum absolute atomic E-state index is 13.5. The van der Waals surface area contributed by atoms with Gasteiger partial charge in [0.05, 0.1) is 22.3 Å². The van der Waals surface area contributed by atoms with Gasteiger partial charge in [-0.05, 0) is 36.4 Å². The molecule has 21 heavy (non-hydrogen) atoms. The lowest BCUT2D eigenvalue weighted by Gasteiger charge is -2.05. The van der Waals surface area contributed by atoms with Crippen molar-refractivity contribution in [2.75, 3.05) is 0 Å². The molecule has 1 heterocycles. The summed E-state index contributed by atoms with van der Waals surface area (Å²) in [5, 5.41) is 9.16. The van der Waals surface area contributed by atoms with Crippen LogP contribution in [0.25, 0.3) is 16.7 Å². The van der Waals surface area contributed by atoms with Gasteiger partial charge in [0.2, 0.25) is 0 Å². The van der Waals surface area contributed by atoms with Crippen LogP contribution >= 0.6 is 11.6 Å². The lowest BCUT2D eigenvalue weighted by atomic mass is 10.2. The fourth-order valence-electron chi connectivity index (χ4n) is 2.16. The molecule has 0 saturated carbocycles. The molecule has 0 aliphatic rings. The van der Waals surface area contributed by atoms with Gasteiger partial charge in [-0.25, -0.2) is 14.0 Å². The number of hydrogen-bond donors (Lipinski definition) is 2. The van der Waals surface area contributed by atoms with Crippen LogP contribution in [0, 0.1) is 5.82 Å². The molecule has 0 amide bonds. The Morgan fingerprint density at radius 1 is 1.24 bits per heavy atom. The van der Waals surface area contributed by atoms with Crippen LogP contribution in [0.5, 0.6) is 0 Å². The summed E-state index contributed by atoms with van der Waals surface area (Å²) in [4.78, 5) is 25.6. The monoisotopic (exact) mass is 306 g/mol. The molecule has 0 spiro atoms. The maximum Gasteiger partial charge on any atom is 0.335 e. The van der Waals surface area contributed by atoms with Crippen LogP contribution in [0.3, 0.4) is 0 Å². The summed E-state index contributed by atoms with van der Waals surface area (Å²) in [5.41, 5.74) is 0.526. The molecule has 3 aromatic rings. The van der Waals surface area contributed by atoms with Gasteiger partial charge in [-0.15, -0.1) is 0 Å². The van der Waals surface area contributed by atoms with E-state index >= 15 is 0 Å². The molecule has 2 N–H and O–H groups in total. The molecule has 5 nitrogen and oxygen atoms in total. The van der Waals surface area contributed by atoms with E-state index in [0.717, 1.165) is 12.1 Å². The first-order valence-electron chi connectivity index (χ1n) is 5.90. The lowest BCUT2D eigenvalue weighted by Crippen LogP contribution is -2.14. The van der Waals surface area contributed by atoms with Gasteiger partial charge < -0.3 is 10.1 Å². The normalized spacial score (nSPS) is 11.0. The van der Waals surface area contributed by atoms with Crippen LogP contribution in [0.1, 0.15) is 10.4 Å². The minimum Gasteiger partial charge on any atom is -0.478 e. The minimum absolute atomic E-state index is 0.0257. The van der Waals surface area contributed by atoms with E-state index in [1.165, 1.54) is 28.8 Å². The molecule has 106 valence electrons. The van der Waals surface area contributed by atoms with Crippen molar-refractivity contribution >= 4 is 28.6 Å². The predicted octanol–water partition coefficient (Wildman–Crippen LogP) is 2.81. The number of benzene rings is 2. The number of carbonyl (C=O) groups is 1. The summed E-state index contributed by atoms with van der Waals surface area (Å²) in [6.07, 6.45) is 0. The molecule has 0 saturated heterocycles. The van der Waals surface area contributed by atoms with Crippen molar-refractivity contribution < 1.29 is 14.3 Å². The maximum atomic E-state index is 13.5. The SMILES string of the molecule is O=C(O)c1ccc2[nH]c(=O)n(-c3cc(F)cc(Cl)c3)c2c1. The Hall–Kier alpha value is -2.60. The zero-order valence-electron chi connectivity index (χ0n) is 10.4. The van der Waals surface area contributed by atoms with E-state index in [0.29, 0.717) is 11.0 Å². The second kappa shape index (κ2) is 4.75. The summed E-state index contributed by atoms with van der Waals surface area (Å²) in [7, 11) is 0. The van der Waals surface area contributed by atoms with E-state index in [1.807, 2.05) is 0 Å². The van der Waals surface area contributed by atoms with Gasteiger partial charge in [-0.3, -0.25) is 4.57 Å². The van der Waals surface area contributed by atoms with Gasteiger partial charge in [0, 0.05) is 5.02 Å². The number of H-pyrrole nitrogens is 1. The number of nitrogens with zero attached hydrogens (tertiary/aromatic N) is 1. The number of aromatic amines is 1. The smallest absolute Gasteiger partial charge is 0.335 e. The topological polar surface area (TPSA) is 75.1 Å². The van der Waals surface area contributed by atoms with Crippen LogP contribution in [0.4, 0.5) is 4.39 Å². The molecule has 0 fully saturated rings. The van der Waals surface area contributed by atoms with Crippen molar-refractivity contribution in [3.63, 3.8) is 0 Å². The van der Waals surface area contributed by atoms with Gasteiger partial charge in [0.1, 0.15) is 5.82 Å². The van der Waals surface area contributed by atoms with Crippen molar-refractivity contribution in [1.82, 2.24) is 9.55 Å². The minimum atomic E-state index is -1.12. The van der Waals surface area contributed by atoms with E-state index in [1.54, 1.807) is 0 Å². The van der Waals surface area contributed by atoms with E-state index in [2.05, 4.69) is 4.98 Å². The number of rotatable bonds is 2. The third kappa shape index (κ3) is 2.30. The summed E-state index contributed by atoms with van der Waals surface area (Å²) in [5.74, 6) is -1.71. The van der Waals surface area contributed by atoms with Gasteiger partial charge in [0.25, 0.3) is 0 Å². The lowest BCUT2D eigenvalue weighted by molar-refractivity contribution is 0.0697. The molecule has 0 bridgehead atoms. The first kappa shape index (κ1) is 13.4. The Bertz CT molecular complexity index is 909. The van der Waals surface area contributed by atoms with E-state index < -0.39 is 17.5 Å². The van der Waals surface area contributed by atoms with Crippen molar-refractivity contribution in [3.05, 3.63) is 63.3 Å². The van der Waals surface area contributed by atoms with E-state index in [4.69, 9.17) is 16.7 Å².